The fourth-order valence-corrected chi connectivity index (χ4v) is 3.15. The Labute approximate surface area is 143 Å². The summed E-state index contributed by atoms with van der Waals surface area (Å²) in [5.41, 5.74) is 0.808. The van der Waals surface area contributed by atoms with E-state index in [1.165, 1.54) is 7.11 Å². The van der Waals surface area contributed by atoms with Crippen LogP contribution in [0.3, 0.4) is 0 Å². The molecule has 0 saturated carbocycles. The van der Waals surface area contributed by atoms with Crippen molar-refractivity contribution < 1.29 is 14.3 Å². The molecule has 1 aliphatic heterocycles. The smallest absolute Gasteiger partial charge is 0.327 e. The molecule has 4 nitrogen and oxygen atoms in total. The molecule has 0 bridgehead atoms. The number of methoxy groups -OCH3 is 1. The Morgan fingerprint density at radius 1 is 1.30 bits per heavy atom. The van der Waals surface area contributed by atoms with Gasteiger partial charge < -0.3 is 9.47 Å². The number of carbonyl (C=O) groups is 1. The second-order valence-electron chi connectivity index (χ2n) is 6.41. The van der Waals surface area contributed by atoms with Gasteiger partial charge in [0.2, 0.25) is 0 Å². The van der Waals surface area contributed by atoms with E-state index in [0.29, 0.717) is 10.9 Å². The van der Waals surface area contributed by atoms with Gasteiger partial charge in [0.15, 0.2) is 0 Å². The van der Waals surface area contributed by atoms with Gasteiger partial charge in [-0.05, 0) is 30.4 Å². The standard InChI is InChI=1S/C18H26ClNO3/c1-13(2)12-23-14-8-10-20(11-9-14)17(18(21)22-3)15-6-4-5-7-16(15)19/h4-7,13-14,17H,8-12H2,1-3H3. The van der Waals surface area contributed by atoms with Crippen molar-refractivity contribution in [2.75, 3.05) is 26.8 Å². The molecule has 23 heavy (non-hydrogen) atoms. The number of ether oxygens (including phenoxy) is 2. The highest BCUT2D eigenvalue weighted by Crippen LogP contribution is 2.31. The molecule has 0 radical (unpaired) electrons. The minimum atomic E-state index is -0.445. The van der Waals surface area contributed by atoms with Gasteiger partial charge in [0.1, 0.15) is 6.04 Å². The summed E-state index contributed by atoms with van der Waals surface area (Å²) in [4.78, 5) is 14.4. The normalized spacial score (nSPS) is 18.1. The van der Waals surface area contributed by atoms with E-state index in [0.717, 1.165) is 38.1 Å². The predicted octanol–water partition coefficient (Wildman–Crippen LogP) is 3.69. The van der Waals surface area contributed by atoms with Crippen molar-refractivity contribution in [1.29, 1.82) is 0 Å². The minimum Gasteiger partial charge on any atom is -0.468 e. The lowest BCUT2D eigenvalue weighted by Crippen LogP contribution is -2.42. The van der Waals surface area contributed by atoms with Crippen LogP contribution in [-0.4, -0.2) is 43.8 Å². The molecule has 1 unspecified atom stereocenters. The van der Waals surface area contributed by atoms with Crippen LogP contribution in [0, 0.1) is 5.92 Å². The van der Waals surface area contributed by atoms with E-state index in [1.54, 1.807) is 0 Å². The van der Waals surface area contributed by atoms with Crippen molar-refractivity contribution in [3.63, 3.8) is 0 Å². The lowest BCUT2D eigenvalue weighted by Gasteiger charge is -2.36. The van der Waals surface area contributed by atoms with Crippen LogP contribution in [0.15, 0.2) is 24.3 Å². The fourth-order valence-electron chi connectivity index (χ4n) is 2.91. The molecule has 1 aromatic carbocycles. The van der Waals surface area contributed by atoms with Crippen LogP contribution in [-0.2, 0) is 14.3 Å². The summed E-state index contributed by atoms with van der Waals surface area (Å²) in [6.45, 7) is 6.69. The number of benzene rings is 1. The third-order valence-corrected chi connectivity index (χ3v) is 4.48. The number of esters is 1. The zero-order chi connectivity index (χ0) is 16.8. The average molecular weight is 340 g/mol. The summed E-state index contributed by atoms with van der Waals surface area (Å²) in [7, 11) is 1.42. The van der Waals surface area contributed by atoms with Crippen molar-refractivity contribution in [3.05, 3.63) is 34.9 Å². The number of likely N-dealkylation sites (tertiary alicyclic amines) is 1. The number of piperidine rings is 1. The number of hydrogen-bond acceptors (Lipinski definition) is 4. The second-order valence-corrected chi connectivity index (χ2v) is 6.82. The van der Waals surface area contributed by atoms with Gasteiger partial charge in [0.25, 0.3) is 0 Å². The molecule has 1 saturated heterocycles. The summed E-state index contributed by atoms with van der Waals surface area (Å²) in [5, 5.41) is 0.598. The van der Waals surface area contributed by atoms with E-state index in [9.17, 15) is 4.79 Å². The number of halogens is 1. The Kier molecular flexibility index (Phi) is 6.88. The quantitative estimate of drug-likeness (QED) is 0.741. The third-order valence-electron chi connectivity index (χ3n) is 4.13. The molecule has 0 amide bonds. The molecule has 128 valence electrons. The van der Waals surface area contributed by atoms with Crippen LogP contribution >= 0.6 is 11.6 Å². The summed E-state index contributed by atoms with van der Waals surface area (Å²) in [5.74, 6) is 0.277. The number of carbonyl (C=O) groups excluding carboxylic acids is 1. The van der Waals surface area contributed by atoms with E-state index in [-0.39, 0.29) is 12.1 Å². The van der Waals surface area contributed by atoms with Gasteiger partial charge >= 0.3 is 5.97 Å². The summed E-state index contributed by atoms with van der Waals surface area (Å²) in [6.07, 6.45) is 2.12. The third kappa shape index (κ3) is 4.93. The molecule has 0 aliphatic carbocycles. The fraction of sp³-hybridized carbons (Fsp3) is 0.611. The summed E-state index contributed by atoms with van der Waals surface area (Å²) >= 11 is 6.29. The minimum absolute atomic E-state index is 0.264. The van der Waals surface area contributed by atoms with Gasteiger partial charge in [-0.3, -0.25) is 4.90 Å². The van der Waals surface area contributed by atoms with E-state index >= 15 is 0 Å². The number of hydrogen-bond donors (Lipinski definition) is 0. The maximum atomic E-state index is 12.3. The monoisotopic (exact) mass is 339 g/mol. The summed E-state index contributed by atoms with van der Waals surface area (Å²) in [6, 6.07) is 7.03. The zero-order valence-corrected chi connectivity index (χ0v) is 14.9. The Bertz CT molecular complexity index is 513. The van der Waals surface area contributed by atoms with Crippen molar-refractivity contribution in [3.8, 4) is 0 Å². The molecule has 1 atom stereocenters. The Morgan fingerprint density at radius 3 is 2.52 bits per heavy atom. The first-order valence-electron chi connectivity index (χ1n) is 8.20. The molecular formula is C18H26ClNO3. The van der Waals surface area contributed by atoms with Gasteiger partial charge in [-0.15, -0.1) is 0 Å². The van der Waals surface area contributed by atoms with Crippen molar-refractivity contribution in [2.24, 2.45) is 5.92 Å². The maximum Gasteiger partial charge on any atom is 0.327 e. The Balaban J connectivity index is 2.05. The summed E-state index contributed by atoms with van der Waals surface area (Å²) < 4.78 is 10.9. The van der Waals surface area contributed by atoms with Crippen LogP contribution in [0.2, 0.25) is 5.02 Å². The van der Waals surface area contributed by atoms with E-state index in [1.807, 2.05) is 24.3 Å². The molecule has 1 heterocycles. The second kappa shape index (κ2) is 8.67. The van der Waals surface area contributed by atoms with Crippen LogP contribution in [0.25, 0.3) is 0 Å². The molecular weight excluding hydrogens is 314 g/mol. The van der Waals surface area contributed by atoms with Crippen LogP contribution < -0.4 is 0 Å². The molecule has 0 N–H and O–H groups in total. The van der Waals surface area contributed by atoms with Crippen molar-refractivity contribution in [1.82, 2.24) is 4.90 Å². The van der Waals surface area contributed by atoms with Crippen molar-refractivity contribution >= 4 is 17.6 Å². The predicted molar refractivity (Wildman–Crippen MR) is 91.6 cm³/mol. The lowest BCUT2D eigenvalue weighted by molar-refractivity contribution is -0.148. The molecule has 1 aliphatic rings. The Morgan fingerprint density at radius 2 is 1.96 bits per heavy atom. The molecule has 0 spiro atoms. The molecule has 1 aromatic rings. The van der Waals surface area contributed by atoms with Gasteiger partial charge in [-0.25, -0.2) is 4.79 Å². The molecule has 5 heteroatoms. The Hall–Kier alpha value is -1.10. The van der Waals surface area contributed by atoms with Gasteiger partial charge in [0, 0.05) is 24.7 Å². The first-order chi connectivity index (χ1) is 11.0. The topological polar surface area (TPSA) is 38.8 Å². The average Bonchev–Trinajstić information content (AvgIpc) is 2.55. The van der Waals surface area contributed by atoms with Crippen LogP contribution in [0.4, 0.5) is 0 Å². The zero-order valence-electron chi connectivity index (χ0n) is 14.1. The van der Waals surface area contributed by atoms with Crippen LogP contribution in [0.1, 0.15) is 38.3 Å². The van der Waals surface area contributed by atoms with Crippen LogP contribution in [0.5, 0.6) is 0 Å². The van der Waals surface area contributed by atoms with Gasteiger partial charge in [-0.1, -0.05) is 43.6 Å². The van der Waals surface area contributed by atoms with Gasteiger partial charge in [0.05, 0.1) is 13.2 Å². The largest absolute Gasteiger partial charge is 0.468 e. The molecule has 1 fully saturated rings. The maximum absolute atomic E-state index is 12.3. The first kappa shape index (κ1) is 18.2. The SMILES string of the molecule is COC(=O)C(c1ccccc1Cl)N1CCC(OCC(C)C)CC1. The number of rotatable bonds is 6. The van der Waals surface area contributed by atoms with Crippen molar-refractivity contribution in [2.45, 2.75) is 38.8 Å². The molecule has 0 aromatic heterocycles. The van der Waals surface area contributed by atoms with E-state index < -0.39 is 6.04 Å². The number of nitrogens with zero attached hydrogens (tertiary/aromatic N) is 1. The van der Waals surface area contributed by atoms with Gasteiger partial charge in [-0.2, -0.15) is 0 Å². The highest BCUT2D eigenvalue weighted by molar-refractivity contribution is 6.31. The van der Waals surface area contributed by atoms with E-state index in [4.69, 9.17) is 21.1 Å². The molecule has 2 rings (SSSR count). The van der Waals surface area contributed by atoms with E-state index in [2.05, 4.69) is 18.7 Å². The lowest BCUT2D eigenvalue weighted by atomic mass is 10.00. The highest BCUT2D eigenvalue weighted by atomic mass is 35.5. The highest BCUT2D eigenvalue weighted by Gasteiger charge is 2.33. The first-order valence-corrected chi connectivity index (χ1v) is 8.58.